The fourth-order valence-corrected chi connectivity index (χ4v) is 1.59. The van der Waals surface area contributed by atoms with Crippen LogP contribution in [0.3, 0.4) is 0 Å². The zero-order chi connectivity index (χ0) is 12.1. The molecule has 2 rings (SSSR count). The molecule has 0 aliphatic carbocycles. The van der Waals surface area contributed by atoms with Crippen LogP contribution in [0.5, 0.6) is 0 Å². The van der Waals surface area contributed by atoms with E-state index < -0.39 is 0 Å². The minimum atomic E-state index is 0.738. The number of para-hydroxylation sites is 1. The van der Waals surface area contributed by atoms with Gasteiger partial charge >= 0.3 is 0 Å². The van der Waals surface area contributed by atoms with Crippen LogP contribution in [-0.2, 0) is 6.54 Å². The number of hydrogen-bond donors (Lipinski definition) is 1. The van der Waals surface area contributed by atoms with Crippen LogP contribution in [0.2, 0.25) is 0 Å². The van der Waals surface area contributed by atoms with Crippen molar-refractivity contribution in [3.63, 3.8) is 0 Å². The Hall–Kier alpha value is -1.94. The Bertz CT molecular complexity index is 453. The Morgan fingerprint density at radius 2 is 1.82 bits per heavy atom. The van der Waals surface area contributed by atoms with Crippen LogP contribution in [0.4, 0.5) is 11.5 Å². The highest BCUT2D eigenvalue weighted by molar-refractivity contribution is 5.58. The van der Waals surface area contributed by atoms with E-state index in [9.17, 15) is 0 Å². The molecule has 0 radical (unpaired) electrons. The molecule has 0 unspecified atom stereocenters. The highest BCUT2D eigenvalue weighted by Crippen LogP contribution is 2.19. The van der Waals surface area contributed by atoms with Crippen LogP contribution in [0.15, 0.2) is 42.5 Å². The molecule has 4 heteroatoms. The second kappa shape index (κ2) is 5.41. The van der Waals surface area contributed by atoms with E-state index in [-0.39, 0.29) is 0 Å². The van der Waals surface area contributed by atoms with Gasteiger partial charge in [-0.15, -0.1) is 5.10 Å². The van der Waals surface area contributed by atoms with Gasteiger partial charge in [-0.2, -0.15) is 5.10 Å². The monoisotopic (exact) mass is 228 g/mol. The molecule has 17 heavy (non-hydrogen) atoms. The first-order chi connectivity index (χ1) is 8.31. The average molecular weight is 228 g/mol. The Balaban J connectivity index is 2.17. The van der Waals surface area contributed by atoms with Gasteiger partial charge < -0.3 is 10.2 Å². The molecule has 88 valence electrons. The Morgan fingerprint density at radius 3 is 2.41 bits per heavy atom. The predicted molar refractivity (Wildman–Crippen MR) is 69.3 cm³/mol. The molecule has 0 atom stereocenters. The fraction of sp³-hybridized carbons (Fsp3) is 0.231. The molecule has 0 spiro atoms. The number of aromatic nitrogens is 2. The molecule has 1 N–H and O–H groups in total. The SMILES string of the molecule is CNCc1ccc(N(C)c2ccccc2)nn1. The smallest absolute Gasteiger partial charge is 0.155 e. The minimum Gasteiger partial charge on any atom is -0.328 e. The van der Waals surface area contributed by atoms with Crippen molar-refractivity contribution in [2.45, 2.75) is 6.54 Å². The van der Waals surface area contributed by atoms with E-state index in [1.807, 2.05) is 61.5 Å². The van der Waals surface area contributed by atoms with Gasteiger partial charge in [0, 0.05) is 19.3 Å². The Labute approximate surface area is 101 Å². The molecule has 1 aromatic carbocycles. The summed E-state index contributed by atoms with van der Waals surface area (Å²) >= 11 is 0. The van der Waals surface area contributed by atoms with Crippen molar-refractivity contribution in [2.75, 3.05) is 19.0 Å². The summed E-state index contributed by atoms with van der Waals surface area (Å²) in [6, 6.07) is 14.1. The molecule has 0 bridgehead atoms. The second-order valence-electron chi connectivity index (χ2n) is 3.81. The van der Waals surface area contributed by atoms with Crippen molar-refractivity contribution in [3.05, 3.63) is 48.2 Å². The van der Waals surface area contributed by atoms with Gasteiger partial charge in [-0.25, -0.2) is 0 Å². The largest absolute Gasteiger partial charge is 0.328 e. The summed E-state index contributed by atoms with van der Waals surface area (Å²) in [6.07, 6.45) is 0. The highest BCUT2D eigenvalue weighted by Gasteiger charge is 2.05. The van der Waals surface area contributed by atoms with Gasteiger partial charge in [0.25, 0.3) is 0 Å². The Morgan fingerprint density at radius 1 is 1.06 bits per heavy atom. The second-order valence-corrected chi connectivity index (χ2v) is 3.81. The molecule has 0 aliphatic rings. The molecule has 4 nitrogen and oxygen atoms in total. The molecule has 0 aliphatic heterocycles. The van der Waals surface area contributed by atoms with Gasteiger partial charge in [-0.05, 0) is 31.3 Å². The zero-order valence-corrected chi connectivity index (χ0v) is 10.1. The molecule has 0 fully saturated rings. The van der Waals surface area contributed by atoms with E-state index in [1.165, 1.54) is 0 Å². The standard InChI is InChI=1S/C13H16N4/c1-14-10-11-8-9-13(16-15-11)17(2)12-6-4-3-5-7-12/h3-9,14H,10H2,1-2H3. The lowest BCUT2D eigenvalue weighted by molar-refractivity contribution is 0.766. The van der Waals surface area contributed by atoms with Gasteiger partial charge in [0.1, 0.15) is 0 Å². The van der Waals surface area contributed by atoms with E-state index in [0.29, 0.717) is 0 Å². The summed E-state index contributed by atoms with van der Waals surface area (Å²) in [5.41, 5.74) is 2.04. The lowest BCUT2D eigenvalue weighted by Gasteiger charge is -2.17. The van der Waals surface area contributed by atoms with E-state index in [0.717, 1.165) is 23.7 Å². The van der Waals surface area contributed by atoms with Gasteiger partial charge in [-0.1, -0.05) is 18.2 Å². The van der Waals surface area contributed by atoms with E-state index >= 15 is 0 Å². The third kappa shape index (κ3) is 2.79. The molecule has 2 aromatic rings. The third-order valence-electron chi connectivity index (χ3n) is 2.55. The summed E-state index contributed by atoms with van der Waals surface area (Å²) in [4.78, 5) is 2.01. The lowest BCUT2D eigenvalue weighted by atomic mass is 10.3. The first-order valence-electron chi connectivity index (χ1n) is 5.57. The van der Waals surface area contributed by atoms with Crippen LogP contribution in [0.25, 0.3) is 0 Å². The Kier molecular flexibility index (Phi) is 3.67. The van der Waals surface area contributed by atoms with Crippen LogP contribution in [0.1, 0.15) is 5.69 Å². The van der Waals surface area contributed by atoms with E-state index in [4.69, 9.17) is 0 Å². The average Bonchev–Trinajstić information content (AvgIpc) is 2.40. The van der Waals surface area contributed by atoms with Crippen molar-refractivity contribution >= 4 is 11.5 Å². The first-order valence-corrected chi connectivity index (χ1v) is 5.57. The lowest BCUT2D eigenvalue weighted by Crippen LogP contribution is -2.13. The predicted octanol–water partition coefficient (Wildman–Crippen LogP) is 1.96. The summed E-state index contributed by atoms with van der Waals surface area (Å²) in [5, 5.41) is 11.4. The normalized spacial score (nSPS) is 10.2. The molecular weight excluding hydrogens is 212 g/mol. The number of rotatable bonds is 4. The number of nitrogens with zero attached hydrogens (tertiary/aromatic N) is 3. The van der Waals surface area contributed by atoms with Crippen molar-refractivity contribution in [1.82, 2.24) is 15.5 Å². The van der Waals surface area contributed by atoms with E-state index in [2.05, 4.69) is 15.5 Å². The van der Waals surface area contributed by atoms with Crippen LogP contribution < -0.4 is 10.2 Å². The van der Waals surface area contributed by atoms with Crippen LogP contribution >= 0.6 is 0 Å². The fourth-order valence-electron chi connectivity index (χ4n) is 1.59. The van der Waals surface area contributed by atoms with Gasteiger partial charge in [0.15, 0.2) is 5.82 Å². The van der Waals surface area contributed by atoms with Crippen LogP contribution in [0, 0.1) is 0 Å². The maximum atomic E-state index is 4.21. The topological polar surface area (TPSA) is 41.0 Å². The van der Waals surface area contributed by atoms with Crippen molar-refractivity contribution < 1.29 is 0 Å². The van der Waals surface area contributed by atoms with Crippen molar-refractivity contribution in [3.8, 4) is 0 Å². The van der Waals surface area contributed by atoms with E-state index in [1.54, 1.807) is 0 Å². The summed E-state index contributed by atoms with van der Waals surface area (Å²) in [6.45, 7) is 0.738. The molecule has 1 aromatic heterocycles. The summed E-state index contributed by atoms with van der Waals surface area (Å²) in [5.74, 6) is 0.844. The zero-order valence-electron chi connectivity index (χ0n) is 10.1. The van der Waals surface area contributed by atoms with Gasteiger partial charge in [-0.3, -0.25) is 0 Å². The highest BCUT2D eigenvalue weighted by atomic mass is 15.2. The summed E-state index contributed by atoms with van der Waals surface area (Å²) in [7, 11) is 3.88. The molecule has 0 amide bonds. The molecule has 0 saturated heterocycles. The third-order valence-corrected chi connectivity index (χ3v) is 2.55. The number of hydrogen-bond acceptors (Lipinski definition) is 4. The first kappa shape index (κ1) is 11.5. The number of nitrogens with one attached hydrogen (secondary N) is 1. The molecule has 1 heterocycles. The molecular formula is C13H16N4. The van der Waals surface area contributed by atoms with Gasteiger partial charge in [0.05, 0.1) is 5.69 Å². The number of benzene rings is 1. The van der Waals surface area contributed by atoms with Gasteiger partial charge in [0.2, 0.25) is 0 Å². The summed E-state index contributed by atoms with van der Waals surface area (Å²) < 4.78 is 0. The minimum absolute atomic E-state index is 0.738. The van der Waals surface area contributed by atoms with Crippen LogP contribution in [-0.4, -0.2) is 24.3 Å². The number of anilines is 2. The maximum absolute atomic E-state index is 4.21. The quantitative estimate of drug-likeness (QED) is 0.868. The van der Waals surface area contributed by atoms with Crippen molar-refractivity contribution in [2.24, 2.45) is 0 Å². The maximum Gasteiger partial charge on any atom is 0.155 e. The van der Waals surface area contributed by atoms with Crippen molar-refractivity contribution in [1.29, 1.82) is 0 Å². The molecule has 0 saturated carbocycles.